The number of hydrogen-bond donors (Lipinski definition) is 0. The average molecular weight is 178 g/mol. The van der Waals surface area contributed by atoms with Gasteiger partial charge in [-0.15, -0.1) is 5.10 Å². The third kappa shape index (κ3) is 1.19. The smallest absolute Gasteiger partial charge is 0.183 e. The largest absolute Gasteiger partial charge is 0.237 e. The molecule has 0 fully saturated rings. The predicted octanol–water partition coefficient (Wildman–Crippen LogP) is 0.773. The van der Waals surface area contributed by atoms with Crippen molar-refractivity contribution in [2.45, 2.75) is 0 Å². The van der Waals surface area contributed by atoms with Crippen LogP contribution in [-0.2, 0) is 0 Å². The zero-order valence-electron chi connectivity index (χ0n) is 3.67. The Kier molecular flexibility index (Phi) is 1.48. The summed E-state index contributed by atoms with van der Waals surface area (Å²) in [6.07, 6.45) is 0. The predicted molar refractivity (Wildman–Crippen MR) is 27.5 cm³/mol. The molecule has 5 heteroatoms. The normalized spacial score (nSPS) is 9.25. The van der Waals surface area contributed by atoms with Gasteiger partial charge in [0.05, 0.1) is 0 Å². The lowest BCUT2D eigenvalue weighted by atomic mass is 10.7. The van der Waals surface area contributed by atoms with E-state index >= 15 is 0 Å². The molecule has 0 aliphatic heterocycles. The molecule has 0 N–H and O–H groups in total. The van der Waals surface area contributed by atoms with E-state index in [2.05, 4.69) is 31.3 Å². The van der Waals surface area contributed by atoms with E-state index in [-0.39, 0.29) is 0 Å². The summed E-state index contributed by atoms with van der Waals surface area (Å²) in [5.41, 5.74) is 0. The van der Waals surface area contributed by atoms with Crippen LogP contribution in [0, 0.1) is 5.95 Å². The number of aromatic nitrogens is 3. The topological polar surface area (TPSA) is 38.7 Å². The molecule has 1 aromatic rings. The minimum absolute atomic E-state index is 0.352. The highest BCUT2D eigenvalue weighted by atomic mass is 79.9. The van der Waals surface area contributed by atoms with Crippen molar-refractivity contribution in [1.82, 2.24) is 15.4 Å². The standard InChI is InChI=1S/C3HBrFN3/c4-2-1-3(5)7-8-6-2/h1H. The second-order valence-electron chi connectivity index (χ2n) is 1.08. The Morgan fingerprint density at radius 3 is 2.62 bits per heavy atom. The van der Waals surface area contributed by atoms with E-state index in [1.807, 2.05) is 0 Å². The Labute approximate surface area is 53.1 Å². The lowest BCUT2D eigenvalue weighted by molar-refractivity contribution is 0.545. The van der Waals surface area contributed by atoms with Crippen molar-refractivity contribution in [1.29, 1.82) is 0 Å². The zero-order chi connectivity index (χ0) is 5.98. The maximum atomic E-state index is 11.9. The summed E-state index contributed by atoms with van der Waals surface area (Å²) >= 11 is 2.91. The van der Waals surface area contributed by atoms with Gasteiger partial charge in [0.25, 0.3) is 0 Å². The van der Waals surface area contributed by atoms with Crippen molar-refractivity contribution in [3.05, 3.63) is 16.6 Å². The highest BCUT2D eigenvalue weighted by Gasteiger charge is 1.91. The molecule has 3 nitrogen and oxygen atoms in total. The van der Waals surface area contributed by atoms with Crippen LogP contribution in [0.2, 0.25) is 0 Å². The second-order valence-corrected chi connectivity index (χ2v) is 1.89. The van der Waals surface area contributed by atoms with E-state index in [0.29, 0.717) is 4.60 Å². The van der Waals surface area contributed by atoms with Gasteiger partial charge >= 0.3 is 0 Å². The summed E-state index contributed by atoms with van der Waals surface area (Å²) in [4.78, 5) is 0. The van der Waals surface area contributed by atoms with Crippen molar-refractivity contribution in [3.63, 3.8) is 0 Å². The molecular weight excluding hydrogens is 177 g/mol. The average Bonchev–Trinajstić information content (AvgIpc) is 1.64. The molecule has 0 aliphatic carbocycles. The molecule has 0 spiro atoms. The maximum absolute atomic E-state index is 11.9. The van der Waals surface area contributed by atoms with Gasteiger partial charge in [0.2, 0.25) is 5.95 Å². The first-order valence-corrected chi connectivity index (χ1v) is 2.60. The van der Waals surface area contributed by atoms with Crippen LogP contribution in [-0.4, -0.2) is 15.4 Å². The molecule has 1 rings (SSSR count). The number of rotatable bonds is 0. The molecule has 0 saturated carbocycles. The number of nitrogens with zero attached hydrogens (tertiary/aromatic N) is 3. The Hall–Kier alpha value is -0.580. The molecule has 0 unspecified atom stereocenters. The third-order valence-electron chi connectivity index (χ3n) is 0.519. The van der Waals surface area contributed by atoms with Crippen LogP contribution in [0.1, 0.15) is 0 Å². The van der Waals surface area contributed by atoms with Crippen LogP contribution in [0.25, 0.3) is 0 Å². The summed E-state index contributed by atoms with van der Waals surface area (Å²) < 4.78 is 12.3. The van der Waals surface area contributed by atoms with Crippen LogP contribution >= 0.6 is 15.9 Å². The van der Waals surface area contributed by atoms with Crippen LogP contribution in [0.4, 0.5) is 4.39 Å². The van der Waals surface area contributed by atoms with Crippen molar-refractivity contribution in [3.8, 4) is 0 Å². The lowest BCUT2D eigenvalue weighted by Gasteiger charge is -1.82. The van der Waals surface area contributed by atoms with Crippen molar-refractivity contribution >= 4 is 15.9 Å². The Balaban J connectivity index is 3.08. The quantitative estimate of drug-likeness (QED) is 0.588. The fourth-order valence-electron chi connectivity index (χ4n) is 0.264. The van der Waals surface area contributed by atoms with Crippen LogP contribution in [0.15, 0.2) is 10.7 Å². The van der Waals surface area contributed by atoms with E-state index in [4.69, 9.17) is 0 Å². The van der Waals surface area contributed by atoms with Gasteiger partial charge < -0.3 is 0 Å². The molecule has 0 radical (unpaired) electrons. The van der Waals surface area contributed by atoms with Gasteiger partial charge in [-0.2, -0.15) is 4.39 Å². The molecule has 1 aromatic heterocycles. The molecule has 1 heterocycles. The van der Waals surface area contributed by atoms with Gasteiger partial charge in [-0.3, -0.25) is 0 Å². The number of halogens is 2. The summed E-state index contributed by atoms with van der Waals surface area (Å²) in [7, 11) is 0. The third-order valence-corrected chi connectivity index (χ3v) is 0.906. The SMILES string of the molecule is Fc1cc(Br)nnn1. The molecule has 0 bridgehead atoms. The van der Waals surface area contributed by atoms with Crippen molar-refractivity contribution in [2.24, 2.45) is 0 Å². The van der Waals surface area contributed by atoms with E-state index in [1.165, 1.54) is 0 Å². The molecule has 0 amide bonds. The Morgan fingerprint density at radius 1 is 1.50 bits per heavy atom. The van der Waals surface area contributed by atoms with Crippen LogP contribution in [0.5, 0.6) is 0 Å². The second kappa shape index (κ2) is 2.13. The molecule has 8 heavy (non-hydrogen) atoms. The summed E-state index contributed by atoms with van der Waals surface area (Å²) in [5.74, 6) is -0.633. The maximum Gasteiger partial charge on any atom is 0.237 e. The van der Waals surface area contributed by atoms with Gasteiger partial charge in [-0.25, -0.2) is 0 Å². The van der Waals surface area contributed by atoms with Gasteiger partial charge in [0.1, 0.15) is 4.60 Å². The van der Waals surface area contributed by atoms with Gasteiger partial charge in [0, 0.05) is 6.07 Å². The zero-order valence-corrected chi connectivity index (χ0v) is 5.26. The molecule has 42 valence electrons. The summed E-state index contributed by atoms with van der Waals surface area (Å²) in [5, 5.41) is 9.40. The minimum atomic E-state index is -0.633. The van der Waals surface area contributed by atoms with E-state index < -0.39 is 5.95 Å². The monoisotopic (exact) mass is 177 g/mol. The Morgan fingerprint density at radius 2 is 2.25 bits per heavy atom. The van der Waals surface area contributed by atoms with E-state index in [9.17, 15) is 4.39 Å². The van der Waals surface area contributed by atoms with Crippen molar-refractivity contribution in [2.75, 3.05) is 0 Å². The molecule has 0 aliphatic rings. The van der Waals surface area contributed by atoms with Crippen LogP contribution in [0.3, 0.4) is 0 Å². The Bertz CT molecular complexity index is 174. The summed E-state index contributed by atoms with van der Waals surface area (Å²) in [6.45, 7) is 0. The number of hydrogen-bond acceptors (Lipinski definition) is 3. The van der Waals surface area contributed by atoms with E-state index in [1.54, 1.807) is 0 Å². The van der Waals surface area contributed by atoms with Gasteiger partial charge in [-0.05, 0) is 21.1 Å². The van der Waals surface area contributed by atoms with Crippen LogP contribution < -0.4 is 0 Å². The fraction of sp³-hybridized carbons (Fsp3) is 0. The summed E-state index contributed by atoms with van der Waals surface area (Å²) in [6, 6.07) is 1.13. The first-order valence-electron chi connectivity index (χ1n) is 1.80. The lowest BCUT2D eigenvalue weighted by Crippen LogP contribution is -1.89. The first-order chi connectivity index (χ1) is 3.79. The van der Waals surface area contributed by atoms with E-state index in [0.717, 1.165) is 6.07 Å². The minimum Gasteiger partial charge on any atom is -0.183 e. The van der Waals surface area contributed by atoms with Gasteiger partial charge in [-0.1, -0.05) is 5.10 Å². The van der Waals surface area contributed by atoms with Crippen molar-refractivity contribution < 1.29 is 4.39 Å². The molecule has 0 aromatic carbocycles. The highest BCUT2D eigenvalue weighted by Crippen LogP contribution is 2.01. The molecular formula is C3HBrFN3. The molecule has 0 atom stereocenters. The fourth-order valence-corrected chi connectivity index (χ4v) is 0.524. The highest BCUT2D eigenvalue weighted by molar-refractivity contribution is 9.10. The van der Waals surface area contributed by atoms with Gasteiger partial charge in [0.15, 0.2) is 0 Å². The first kappa shape index (κ1) is 5.55. The molecule has 0 saturated heterocycles.